The van der Waals surface area contributed by atoms with Gasteiger partial charge in [-0.1, -0.05) is 0 Å². The number of hydrogen-bond donors (Lipinski definition) is 0. The van der Waals surface area contributed by atoms with Gasteiger partial charge in [0, 0.05) is 19.1 Å². The van der Waals surface area contributed by atoms with E-state index in [0.717, 1.165) is 4.90 Å². The van der Waals surface area contributed by atoms with Crippen LogP contribution in [0.15, 0.2) is 0 Å². The molecule has 14 heavy (non-hydrogen) atoms. The van der Waals surface area contributed by atoms with Crippen LogP contribution in [0, 0.1) is 0 Å². The largest absolute Gasteiger partial charge is 0.471 e. The first kappa shape index (κ1) is 11.3. The van der Waals surface area contributed by atoms with Crippen molar-refractivity contribution in [1.82, 2.24) is 9.80 Å². The third kappa shape index (κ3) is 2.37. The maximum absolute atomic E-state index is 12.0. The molecule has 1 fully saturated rings. The number of carbonyl (C=O) groups excluding carboxylic acids is 1. The highest BCUT2D eigenvalue weighted by Gasteiger charge is 2.44. The van der Waals surface area contributed by atoms with E-state index in [1.807, 2.05) is 4.90 Å². The van der Waals surface area contributed by atoms with Gasteiger partial charge in [0.15, 0.2) is 0 Å². The second kappa shape index (κ2) is 3.76. The molecule has 1 unspecified atom stereocenters. The molecule has 6 heteroatoms. The third-order valence-corrected chi connectivity index (χ3v) is 2.42. The standard InChI is InChI=1S/C8H13F3N2O/c1-12(2)6-3-4-13(5-6)7(14)8(9,10)11/h6H,3-5H2,1-2H3. The van der Waals surface area contributed by atoms with Crippen molar-refractivity contribution in [2.24, 2.45) is 0 Å². The molecule has 0 radical (unpaired) electrons. The van der Waals surface area contributed by atoms with Crippen molar-refractivity contribution in [3.05, 3.63) is 0 Å². The van der Waals surface area contributed by atoms with Crippen LogP contribution in [0.3, 0.4) is 0 Å². The number of halogens is 3. The predicted octanol–water partition coefficient (Wildman–Crippen LogP) is 0.711. The summed E-state index contributed by atoms with van der Waals surface area (Å²) in [7, 11) is 3.60. The first-order valence-electron chi connectivity index (χ1n) is 4.35. The lowest BCUT2D eigenvalue weighted by Crippen LogP contribution is -2.41. The molecule has 3 nitrogen and oxygen atoms in total. The van der Waals surface area contributed by atoms with Crippen LogP contribution in [0.1, 0.15) is 6.42 Å². The van der Waals surface area contributed by atoms with Gasteiger partial charge in [-0.15, -0.1) is 0 Å². The SMILES string of the molecule is CN(C)C1CCN(C(=O)C(F)(F)F)C1. The number of hydrogen-bond acceptors (Lipinski definition) is 2. The molecule has 0 bridgehead atoms. The summed E-state index contributed by atoms with van der Waals surface area (Å²) in [6, 6.07) is 0.0429. The van der Waals surface area contributed by atoms with Crippen molar-refractivity contribution >= 4 is 5.91 Å². The van der Waals surface area contributed by atoms with Crippen molar-refractivity contribution in [2.45, 2.75) is 18.6 Å². The number of carbonyl (C=O) groups is 1. The van der Waals surface area contributed by atoms with Gasteiger partial charge in [-0.25, -0.2) is 0 Å². The van der Waals surface area contributed by atoms with Gasteiger partial charge >= 0.3 is 12.1 Å². The third-order valence-electron chi connectivity index (χ3n) is 2.42. The number of rotatable bonds is 1. The molecule has 1 aliphatic heterocycles. The minimum Gasteiger partial charge on any atom is -0.333 e. The van der Waals surface area contributed by atoms with Crippen LogP contribution in [0.2, 0.25) is 0 Å². The molecule has 0 N–H and O–H groups in total. The minimum absolute atomic E-state index is 0.0429. The summed E-state index contributed by atoms with van der Waals surface area (Å²) >= 11 is 0. The second-order valence-corrected chi connectivity index (χ2v) is 3.66. The van der Waals surface area contributed by atoms with Crippen molar-refractivity contribution in [2.75, 3.05) is 27.2 Å². The summed E-state index contributed by atoms with van der Waals surface area (Å²) in [6.07, 6.45) is -4.13. The fourth-order valence-corrected chi connectivity index (χ4v) is 1.53. The fraction of sp³-hybridized carbons (Fsp3) is 0.875. The Hall–Kier alpha value is -0.780. The lowest BCUT2D eigenvalue weighted by Gasteiger charge is -2.21. The van der Waals surface area contributed by atoms with Crippen LogP contribution in [0.4, 0.5) is 13.2 Å². The molecule has 0 aromatic carbocycles. The van der Waals surface area contributed by atoms with Crippen molar-refractivity contribution in [1.29, 1.82) is 0 Å². The van der Waals surface area contributed by atoms with E-state index < -0.39 is 12.1 Å². The number of amides is 1. The Labute approximate surface area is 80.5 Å². The molecule has 1 rings (SSSR count). The quantitative estimate of drug-likeness (QED) is 0.636. The van der Waals surface area contributed by atoms with E-state index >= 15 is 0 Å². The van der Waals surface area contributed by atoms with E-state index in [1.54, 1.807) is 14.1 Å². The average Bonchev–Trinajstić information content (AvgIpc) is 2.48. The average molecular weight is 210 g/mol. The van der Waals surface area contributed by atoms with Crippen molar-refractivity contribution < 1.29 is 18.0 Å². The highest BCUT2D eigenvalue weighted by atomic mass is 19.4. The normalized spacial score (nSPS) is 23.3. The monoisotopic (exact) mass is 210 g/mol. The van der Waals surface area contributed by atoms with Crippen LogP contribution in [0.5, 0.6) is 0 Å². The first-order valence-corrected chi connectivity index (χ1v) is 4.35. The van der Waals surface area contributed by atoms with Crippen LogP contribution in [-0.2, 0) is 4.79 Å². The highest BCUT2D eigenvalue weighted by Crippen LogP contribution is 2.22. The van der Waals surface area contributed by atoms with Crippen LogP contribution in [-0.4, -0.2) is 55.1 Å². The molecule has 1 saturated heterocycles. The smallest absolute Gasteiger partial charge is 0.333 e. The summed E-state index contributed by atoms with van der Waals surface area (Å²) in [6.45, 7) is 0.368. The van der Waals surface area contributed by atoms with E-state index in [9.17, 15) is 18.0 Å². The predicted molar refractivity (Wildman–Crippen MR) is 44.7 cm³/mol. The highest BCUT2D eigenvalue weighted by molar-refractivity contribution is 5.82. The van der Waals surface area contributed by atoms with E-state index in [-0.39, 0.29) is 19.1 Å². The van der Waals surface area contributed by atoms with Gasteiger partial charge in [0.2, 0.25) is 0 Å². The Morgan fingerprint density at radius 3 is 2.36 bits per heavy atom. The zero-order chi connectivity index (χ0) is 10.9. The van der Waals surface area contributed by atoms with Gasteiger partial charge in [-0.2, -0.15) is 13.2 Å². The molecule has 1 amide bonds. The van der Waals surface area contributed by atoms with Crippen LogP contribution >= 0.6 is 0 Å². The van der Waals surface area contributed by atoms with E-state index in [1.165, 1.54) is 0 Å². The number of alkyl halides is 3. The summed E-state index contributed by atoms with van der Waals surface area (Å²) in [5.74, 6) is -1.72. The van der Waals surface area contributed by atoms with Crippen LogP contribution < -0.4 is 0 Å². The fourth-order valence-electron chi connectivity index (χ4n) is 1.53. The summed E-state index contributed by atoms with van der Waals surface area (Å²) < 4.78 is 36.1. The Morgan fingerprint density at radius 1 is 1.43 bits per heavy atom. The maximum Gasteiger partial charge on any atom is 0.471 e. The minimum atomic E-state index is -4.73. The van der Waals surface area contributed by atoms with Gasteiger partial charge in [0.05, 0.1) is 0 Å². The Bertz CT molecular complexity index is 227. The lowest BCUT2D eigenvalue weighted by atomic mass is 10.2. The lowest BCUT2D eigenvalue weighted by molar-refractivity contribution is -0.184. The first-order chi connectivity index (χ1) is 6.32. The van der Waals surface area contributed by atoms with E-state index in [4.69, 9.17) is 0 Å². The van der Waals surface area contributed by atoms with Gasteiger partial charge in [0.1, 0.15) is 0 Å². The van der Waals surface area contributed by atoms with E-state index in [0.29, 0.717) is 6.42 Å². The zero-order valence-corrected chi connectivity index (χ0v) is 8.14. The number of nitrogens with zero attached hydrogens (tertiary/aromatic N) is 2. The maximum atomic E-state index is 12.0. The summed E-state index contributed by atoms with van der Waals surface area (Å²) in [5.41, 5.74) is 0. The Kier molecular flexibility index (Phi) is 3.04. The molecule has 1 atom stereocenters. The molecule has 1 heterocycles. The zero-order valence-electron chi connectivity index (χ0n) is 8.14. The molecule has 0 aromatic heterocycles. The Morgan fingerprint density at radius 2 is 2.00 bits per heavy atom. The molecule has 0 aromatic rings. The summed E-state index contributed by atoms with van der Waals surface area (Å²) in [4.78, 5) is 13.5. The second-order valence-electron chi connectivity index (χ2n) is 3.66. The number of likely N-dealkylation sites (N-methyl/N-ethyl adjacent to an activating group) is 1. The molecular weight excluding hydrogens is 197 g/mol. The van der Waals surface area contributed by atoms with E-state index in [2.05, 4.69) is 0 Å². The molecule has 1 aliphatic rings. The van der Waals surface area contributed by atoms with Gasteiger partial charge in [0.25, 0.3) is 0 Å². The topological polar surface area (TPSA) is 23.6 Å². The molecule has 82 valence electrons. The molecular formula is C8H13F3N2O. The Balaban J connectivity index is 2.54. The van der Waals surface area contributed by atoms with Gasteiger partial charge in [-0.3, -0.25) is 4.79 Å². The number of likely N-dealkylation sites (tertiary alicyclic amines) is 1. The van der Waals surface area contributed by atoms with Gasteiger partial charge < -0.3 is 9.80 Å². The summed E-state index contributed by atoms with van der Waals surface area (Å²) in [5, 5.41) is 0. The molecule has 0 aliphatic carbocycles. The van der Waals surface area contributed by atoms with Crippen LogP contribution in [0.25, 0.3) is 0 Å². The molecule has 0 spiro atoms. The van der Waals surface area contributed by atoms with Crippen molar-refractivity contribution in [3.8, 4) is 0 Å². The van der Waals surface area contributed by atoms with Gasteiger partial charge in [-0.05, 0) is 20.5 Å². The van der Waals surface area contributed by atoms with Crippen molar-refractivity contribution in [3.63, 3.8) is 0 Å². The molecule has 0 saturated carbocycles.